The van der Waals surface area contributed by atoms with Crippen LogP contribution in [0.25, 0.3) is 0 Å². The van der Waals surface area contributed by atoms with Gasteiger partial charge in [-0.2, -0.15) is 0 Å². The Morgan fingerprint density at radius 3 is 2.48 bits per heavy atom. The van der Waals surface area contributed by atoms with Crippen LogP contribution in [0.5, 0.6) is 5.75 Å². The SMILES string of the molecule is O=C(CC1(O)CCCCC1)NCCCc1ccc(O)cc1. The summed E-state index contributed by atoms with van der Waals surface area (Å²) in [5, 5.41) is 22.4. The Morgan fingerprint density at radius 1 is 1.14 bits per heavy atom. The number of nitrogens with one attached hydrogen (secondary N) is 1. The molecule has 0 unspecified atom stereocenters. The third-order valence-corrected chi connectivity index (χ3v) is 4.17. The van der Waals surface area contributed by atoms with Crippen molar-refractivity contribution in [3.63, 3.8) is 0 Å². The highest BCUT2D eigenvalue weighted by Crippen LogP contribution is 2.30. The van der Waals surface area contributed by atoms with Crippen molar-refractivity contribution in [1.29, 1.82) is 0 Å². The number of phenolic OH excluding ortho intramolecular Hbond substituents is 1. The van der Waals surface area contributed by atoms with Crippen molar-refractivity contribution in [2.75, 3.05) is 6.54 Å². The van der Waals surface area contributed by atoms with Crippen LogP contribution < -0.4 is 5.32 Å². The van der Waals surface area contributed by atoms with Crippen molar-refractivity contribution in [3.8, 4) is 5.75 Å². The van der Waals surface area contributed by atoms with Gasteiger partial charge in [-0.3, -0.25) is 4.79 Å². The normalized spacial score (nSPS) is 17.4. The quantitative estimate of drug-likeness (QED) is 0.705. The lowest BCUT2D eigenvalue weighted by Crippen LogP contribution is -2.38. The molecule has 1 amide bonds. The van der Waals surface area contributed by atoms with Gasteiger partial charge in [-0.05, 0) is 43.4 Å². The van der Waals surface area contributed by atoms with Crippen LogP contribution in [0.15, 0.2) is 24.3 Å². The van der Waals surface area contributed by atoms with E-state index in [-0.39, 0.29) is 18.1 Å². The number of phenols is 1. The molecule has 1 aromatic carbocycles. The molecule has 0 heterocycles. The topological polar surface area (TPSA) is 69.6 Å². The van der Waals surface area contributed by atoms with Gasteiger partial charge in [0.15, 0.2) is 0 Å². The van der Waals surface area contributed by atoms with E-state index in [0.717, 1.165) is 50.5 Å². The summed E-state index contributed by atoms with van der Waals surface area (Å²) in [5.74, 6) is 0.220. The summed E-state index contributed by atoms with van der Waals surface area (Å²) in [4.78, 5) is 11.9. The van der Waals surface area contributed by atoms with Crippen molar-refractivity contribution in [3.05, 3.63) is 29.8 Å². The zero-order valence-electron chi connectivity index (χ0n) is 12.5. The lowest BCUT2D eigenvalue weighted by Gasteiger charge is -2.31. The molecule has 3 N–H and O–H groups in total. The molecule has 0 aliphatic heterocycles. The van der Waals surface area contributed by atoms with Crippen LogP contribution >= 0.6 is 0 Å². The first kappa shape index (κ1) is 15.8. The van der Waals surface area contributed by atoms with Crippen molar-refractivity contribution in [1.82, 2.24) is 5.32 Å². The number of aliphatic hydroxyl groups is 1. The van der Waals surface area contributed by atoms with Gasteiger partial charge >= 0.3 is 0 Å². The minimum Gasteiger partial charge on any atom is -0.508 e. The van der Waals surface area contributed by atoms with E-state index in [1.165, 1.54) is 0 Å². The number of aromatic hydroxyl groups is 1. The molecule has 0 atom stereocenters. The molecule has 1 aliphatic rings. The van der Waals surface area contributed by atoms with Crippen molar-refractivity contribution in [2.45, 2.75) is 57.0 Å². The van der Waals surface area contributed by atoms with E-state index in [2.05, 4.69) is 5.32 Å². The van der Waals surface area contributed by atoms with Crippen LogP contribution in [0, 0.1) is 0 Å². The molecule has 116 valence electrons. The van der Waals surface area contributed by atoms with Gasteiger partial charge in [0.25, 0.3) is 0 Å². The molecule has 21 heavy (non-hydrogen) atoms. The zero-order chi connectivity index (χ0) is 15.1. The second kappa shape index (κ2) is 7.46. The van der Waals surface area contributed by atoms with Gasteiger partial charge in [0.1, 0.15) is 5.75 Å². The van der Waals surface area contributed by atoms with E-state index in [0.29, 0.717) is 6.54 Å². The van der Waals surface area contributed by atoms with Gasteiger partial charge in [-0.15, -0.1) is 0 Å². The Hall–Kier alpha value is -1.55. The molecule has 0 radical (unpaired) electrons. The molecule has 0 aromatic heterocycles. The molecule has 1 aliphatic carbocycles. The van der Waals surface area contributed by atoms with E-state index < -0.39 is 5.60 Å². The van der Waals surface area contributed by atoms with Crippen LogP contribution in [0.2, 0.25) is 0 Å². The molecular weight excluding hydrogens is 266 g/mol. The molecule has 2 rings (SSSR count). The van der Waals surface area contributed by atoms with Crippen LogP contribution in [-0.2, 0) is 11.2 Å². The molecule has 1 saturated carbocycles. The molecule has 0 spiro atoms. The van der Waals surface area contributed by atoms with E-state index >= 15 is 0 Å². The Labute approximate surface area is 126 Å². The van der Waals surface area contributed by atoms with Gasteiger partial charge < -0.3 is 15.5 Å². The largest absolute Gasteiger partial charge is 0.508 e. The maximum absolute atomic E-state index is 11.9. The highest BCUT2D eigenvalue weighted by molar-refractivity contribution is 5.77. The fraction of sp³-hybridized carbons (Fsp3) is 0.588. The highest BCUT2D eigenvalue weighted by Gasteiger charge is 2.31. The minimum absolute atomic E-state index is 0.0508. The smallest absolute Gasteiger partial charge is 0.222 e. The van der Waals surface area contributed by atoms with Gasteiger partial charge in [0, 0.05) is 6.54 Å². The number of carbonyl (C=O) groups excluding carboxylic acids is 1. The number of aryl methyl sites for hydroxylation is 1. The summed E-state index contributed by atoms with van der Waals surface area (Å²) >= 11 is 0. The molecular formula is C17H25NO3. The number of hydrogen-bond donors (Lipinski definition) is 3. The van der Waals surface area contributed by atoms with E-state index in [1.807, 2.05) is 12.1 Å². The van der Waals surface area contributed by atoms with Crippen molar-refractivity contribution in [2.24, 2.45) is 0 Å². The Bertz CT molecular complexity index is 450. The summed E-state index contributed by atoms with van der Waals surface area (Å²) in [7, 11) is 0. The maximum Gasteiger partial charge on any atom is 0.222 e. The molecule has 0 bridgehead atoms. The van der Waals surface area contributed by atoms with Gasteiger partial charge in [0.2, 0.25) is 5.91 Å². The van der Waals surface area contributed by atoms with Crippen molar-refractivity contribution >= 4 is 5.91 Å². The standard InChI is InChI=1S/C17H25NO3/c19-15-8-6-14(7-9-15)5-4-12-18-16(20)13-17(21)10-2-1-3-11-17/h6-9,19,21H,1-5,10-13H2,(H,18,20). The summed E-state index contributed by atoms with van der Waals surface area (Å²) in [6, 6.07) is 7.13. The second-order valence-corrected chi connectivity index (χ2v) is 6.08. The zero-order valence-corrected chi connectivity index (χ0v) is 12.5. The van der Waals surface area contributed by atoms with E-state index in [4.69, 9.17) is 0 Å². The third-order valence-electron chi connectivity index (χ3n) is 4.17. The first-order valence-electron chi connectivity index (χ1n) is 7.84. The van der Waals surface area contributed by atoms with E-state index in [9.17, 15) is 15.0 Å². The monoisotopic (exact) mass is 291 g/mol. The lowest BCUT2D eigenvalue weighted by atomic mass is 9.82. The Balaban J connectivity index is 1.64. The van der Waals surface area contributed by atoms with Crippen LogP contribution in [0.1, 0.15) is 50.5 Å². The number of rotatable bonds is 6. The van der Waals surface area contributed by atoms with E-state index in [1.54, 1.807) is 12.1 Å². The number of hydrogen-bond acceptors (Lipinski definition) is 3. The second-order valence-electron chi connectivity index (χ2n) is 6.08. The Kier molecular flexibility index (Phi) is 5.62. The molecule has 4 heteroatoms. The highest BCUT2D eigenvalue weighted by atomic mass is 16.3. The number of carbonyl (C=O) groups is 1. The first-order valence-corrected chi connectivity index (χ1v) is 7.84. The van der Waals surface area contributed by atoms with Gasteiger partial charge in [-0.25, -0.2) is 0 Å². The summed E-state index contributed by atoms with van der Waals surface area (Å²) < 4.78 is 0. The average molecular weight is 291 g/mol. The molecule has 1 aromatic rings. The molecule has 1 fully saturated rings. The number of benzene rings is 1. The predicted octanol–water partition coefficient (Wildman–Crippen LogP) is 2.53. The number of amides is 1. The first-order chi connectivity index (χ1) is 10.1. The summed E-state index contributed by atoms with van der Waals surface area (Å²) in [5.41, 5.74) is 0.368. The van der Waals surface area contributed by atoms with Gasteiger partial charge in [-0.1, -0.05) is 31.4 Å². The Morgan fingerprint density at radius 2 is 1.81 bits per heavy atom. The van der Waals surface area contributed by atoms with Crippen LogP contribution in [0.4, 0.5) is 0 Å². The molecule has 4 nitrogen and oxygen atoms in total. The fourth-order valence-electron chi connectivity index (χ4n) is 2.93. The minimum atomic E-state index is -0.778. The average Bonchev–Trinajstić information content (AvgIpc) is 2.46. The van der Waals surface area contributed by atoms with Crippen LogP contribution in [-0.4, -0.2) is 28.3 Å². The molecule has 0 saturated heterocycles. The summed E-state index contributed by atoms with van der Waals surface area (Å²) in [6.45, 7) is 0.621. The third kappa shape index (κ3) is 5.38. The lowest BCUT2D eigenvalue weighted by molar-refractivity contribution is -0.127. The van der Waals surface area contributed by atoms with Crippen molar-refractivity contribution < 1.29 is 15.0 Å². The van der Waals surface area contributed by atoms with Gasteiger partial charge in [0.05, 0.1) is 12.0 Å². The fourth-order valence-corrected chi connectivity index (χ4v) is 2.93. The maximum atomic E-state index is 11.9. The predicted molar refractivity (Wildman–Crippen MR) is 82.1 cm³/mol. The summed E-state index contributed by atoms with van der Waals surface area (Å²) in [6.07, 6.45) is 6.64. The van der Waals surface area contributed by atoms with Crippen LogP contribution in [0.3, 0.4) is 0 Å².